The van der Waals surface area contributed by atoms with Gasteiger partial charge in [0.25, 0.3) is 11.8 Å². The lowest BCUT2D eigenvalue weighted by atomic mass is 10.1. The van der Waals surface area contributed by atoms with Gasteiger partial charge in [0, 0.05) is 18.5 Å². The molecule has 0 unspecified atom stereocenters. The van der Waals surface area contributed by atoms with E-state index in [4.69, 9.17) is 0 Å². The zero-order valence-electron chi connectivity index (χ0n) is 12.1. The van der Waals surface area contributed by atoms with Gasteiger partial charge in [-0.15, -0.1) is 11.8 Å². The van der Waals surface area contributed by atoms with Crippen LogP contribution in [0.25, 0.3) is 0 Å². The van der Waals surface area contributed by atoms with Crippen LogP contribution in [0.5, 0.6) is 0 Å². The lowest BCUT2D eigenvalue weighted by Gasteiger charge is -2.07. The molecule has 1 aliphatic heterocycles. The number of aryl methyl sites for hydroxylation is 1. The third-order valence-electron chi connectivity index (χ3n) is 3.46. The van der Waals surface area contributed by atoms with Crippen molar-refractivity contribution in [2.45, 2.75) is 17.7 Å². The first-order chi connectivity index (χ1) is 10.5. The average molecular weight is 316 g/mol. The van der Waals surface area contributed by atoms with Crippen LogP contribution in [0.3, 0.4) is 0 Å². The Hall–Kier alpha value is -2.21. The molecule has 0 fully saturated rings. The number of pyridine rings is 1. The Morgan fingerprint density at radius 1 is 1.18 bits per heavy atom. The van der Waals surface area contributed by atoms with E-state index in [-0.39, 0.29) is 17.6 Å². The van der Waals surface area contributed by atoms with Gasteiger partial charge in [-0.3, -0.25) is 14.5 Å². The van der Waals surface area contributed by atoms with Gasteiger partial charge in [0.15, 0.2) is 0 Å². The Balaban J connectivity index is 1.92. The molecule has 0 saturated heterocycles. The molecule has 2 aromatic rings. The first kappa shape index (κ1) is 14.7. The Labute approximate surface area is 131 Å². The molecular weight excluding hydrogens is 303 g/mol. The summed E-state index contributed by atoms with van der Waals surface area (Å²) in [6, 6.07) is 7.81. The van der Waals surface area contributed by atoms with Crippen molar-refractivity contribution in [2.75, 3.05) is 7.05 Å². The summed E-state index contributed by atoms with van der Waals surface area (Å²) in [5, 5.41) is 0.544. The molecule has 0 N–H and O–H groups in total. The maximum Gasteiger partial charge on any atom is 0.264 e. The van der Waals surface area contributed by atoms with E-state index in [1.54, 1.807) is 25.1 Å². The third kappa shape index (κ3) is 2.50. The molecule has 0 saturated carbocycles. The normalized spacial score (nSPS) is 13.7. The number of amides is 2. The van der Waals surface area contributed by atoms with Crippen LogP contribution in [0, 0.1) is 12.7 Å². The number of aromatic nitrogens is 1. The van der Waals surface area contributed by atoms with Crippen molar-refractivity contribution in [3.8, 4) is 0 Å². The van der Waals surface area contributed by atoms with E-state index >= 15 is 0 Å². The van der Waals surface area contributed by atoms with Crippen LogP contribution < -0.4 is 0 Å². The summed E-state index contributed by atoms with van der Waals surface area (Å²) in [5.74, 6) is -0.358. The van der Waals surface area contributed by atoms with Crippen molar-refractivity contribution in [2.24, 2.45) is 0 Å². The summed E-state index contributed by atoms with van der Waals surface area (Å²) >= 11 is 1.37. The van der Waals surface area contributed by atoms with Gasteiger partial charge in [-0.05, 0) is 30.7 Å². The van der Waals surface area contributed by atoms with E-state index in [0.717, 1.165) is 10.5 Å². The van der Waals surface area contributed by atoms with Gasteiger partial charge in [0.1, 0.15) is 10.8 Å². The first-order valence-corrected chi connectivity index (χ1v) is 7.67. The topological polar surface area (TPSA) is 50.3 Å². The fourth-order valence-corrected chi connectivity index (χ4v) is 3.34. The second kappa shape index (κ2) is 5.53. The summed E-state index contributed by atoms with van der Waals surface area (Å²) in [6.07, 6.45) is 0. The summed E-state index contributed by atoms with van der Waals surface area (Å²) in [6.45, 7) is 1.79. The van der Waals surface area contributed by atoms with E-state index in [0.29, 0.717) is 27.6 Å². The molecule has 1 aromatic heterocycles. The minimum atomic E-state index is -0.325. The van der Waals surface area contributed by atoms with E-state index in [2.05, 4.69) is 4.98 Å². The molecule has 1 aromatic carbocycles. The van der Waals surface area contributed by atoms with Crippen molar-refractivity contribution >= 4 is 23.6 Å². The molecule has 112 valence electrons. The molecule has 0 aliphatic carbocycles. The van der Waals surface area contributed by atoms with E-state index in [1.807, 2.05) is 0 Å². The molecule has 3 rings (SSSR count). The van der Waals surface area contributed by atoms with Crippen molar-refractivity contribution in [3.63, 3.8) is 0 Å². The van der Waals surface area contributed by atoms with E-state index in [9.17, 15) is 14.0 Å². The highest BCUT2D eigenvalue weighted by molar-refractivity contribution is 7.98. The summed E-state index contributed by atoms with van der Waals surface area (Å²) in [7, 11) is 1.47. The fraction of sp³-hybridized carbons (Fsp3) is 0.188. The van der Waals surface area contributed by atoms with Gasteiger partial charge in [0.2, 0.25) is 0 Å². The summed E-state index contributed by atoms with van der Waals surface area (Å²) in [5.41, 5.74) is 2.39. The average Bonchev–Trinajstić information content (AvgIpc) is 2.71. The molecule has 0 bridgehead atoms. The Bertz CT molecular complexity index is 774. The second-order valence-corrected chi connectivity index (χ2v) is 6.04. The minimum Gasteiger partial charge on any atom is -0.277 e. The van der Waals surface area contributed by atoms with Crippen LogP contribution >= 0.6 is 11.8 Å². The number of carbonyl (C=O) groups is 2. The van der Waals surface area contributed by atoms with Gasteiger partial charge < -0.3 is 0 Å². The maximum absolute atomic E-state index is 12.9. The van der Waals surface area contributed by atoms with Crippen LogP contribution in [0.1, 0.15) is 32.0 Å². The third-order valence-corrected chi connectivity index (χ3v) is 4.50. The molecule has 4 nitrogen and oxygen atoms in total. The maximum atomic E-state index is 12.9. The van der Waals surface area contributed by atoms with Gasteiger partial charge in [0.05, 0.1) is 11.1 Å². The van der Waals surface area contributed by atoms with Gasteiger partial charge in [-0.1, -0.05) is 12.1 Å². The lowest BCUT2D eigenvalue weighted by Crippen LogP contribution is -2.24. The molecule has 0 spiro atoms. The number of fused-ring (bicyclic) bond motifs is 1. The van der Waals surface area contributed by atoms with E-state index in [1.165, 1.54) is 30.9 Å². The van der Waals surface area contributed by atoms with Crippen LogP contribution in [0.2, 0.25) is 0 Å². The summed E-state index contributed by atoms with van der Waals surface area (Å²) < 4.78 is 12.9. The molecular formula is C16H13FN2O2S. The Morgan fingerprint density at radius 3 is 2.55 bits per heavy atom. The largest absolute Gasteiger partial charge is 0.277 e. The number of hydrogen-bond acceptors (Lipinski definition) is 4. The van der Waals surface area contributed by atoms with Crippen LogP contribution in [-0.2, 0) is 5.75 Å². The standard InChI is InChI=1S/C16H13FN2O2S/c1-9-7-12-13(16(21)19(2)15(12)20)14(18-9)22-8-10-3-5-11(17)6-4-10/h3-7H,8H2,1-2H3. The number of hydrogen-bond donors (Lipinski definition) is 0. The number of nitrogens with zero attached hydrogens (tertiary/aromatic N) is 2. The molecule has 2 amide bonds. The highest BCUT2D eigenvalue weighted by atomic mass is 32.2. The minimum absolute atomic E-state index is 0.286. The highest BCUT2D eigenvalue weighted by Gasteiger charge is 2.36. The number of thioether (sulfide) groups is 1. The monoisotopic (exact) mass is 316 g/mol. The van der Waals surface area contributed by atoms with E-state index < -0.39 is 0 Å². The predicted molar refractivity (Wildman–Crippen MR) is 81.4 cm³/mol. The van der Waals surface area contributed by atoms with Crippen molar-refractivity contribution in [3.05, 3.63) is 58.5 Å². The number of carbonyl (C=O) groups excluding carboxylic acids is 2. The van der Waals surface area contributed by atoms with Crippen molar-refractivity contribution in [1.82, 2.24) is 9.88 Å². The Kier molecular flexibility index (Phi) is 3.70. The zero-order valence-corrected chi connectivity index (χ0v) is 12.9. The van der Waals surface area contributed by atoms with Crippen molar-refractivity contribution in [1.29, 1.82) is 0 Å². The lowest BCUT2D eigenvalue weighted by molar-refractivity contribution is 0.0692. The van der Waals surface area contributed by atoms with Crippen molar-refractivity contribution < 1.29 is 14.0 Å². The summed E-state index contributed by atoms with van der Waals surface area (Å²) in [4.78, 5) is 29.7. The zero-order chi connectivity index (χ0) is 15.9. The van der Waals surface area contributed by atoms with Crippen LogP contribution in [0.4, 0.5) is 4.39 Å². The molecule has 22 heavy (non-hydrogen) atoms. The van der Waals surface area contributed by atoms with Gasteiger partial charge in [-0.25, -0.2) is 9.37 Å². The second-order valence-electron chi connectivity index (χ2n) is 5.08. The quantitative estimate of drug-likeness (QED) is 0.645. The predicted octanol–water partition coefficient (Wildman–Crippen LogP) is 3.05. The SMILES string of the molecule is Cc1cc2c(c(SCc3ccc(F)cc3)n1)C(=O)N(C)C2=O. The molecule has 0 radical (unpaired) electrons. The Morgan fingerprint density at radius 2 is 1.86 bits per heavy atom. The number of halogens is 1. The molecule has 0 atom stereocenters. The molecule has 1 aliphatic rings. The van der Waals surface area contributed by atoms with Crippen LogP contribution in [0.15, 0.2) is 35.4 Å². The highest BCUT2D eigenvalue weighted by Crippen LogP contribution is 2.32. The molecule has 6 heteroatoms. The number of imide groups is 1. The first-order valence-electron chi connectivity index (χ1n) is 6.68. The fourth-order valence-electron chi connectivity index (χ4n) is 2.30. The van der Waals surface area contributed by atoms with Gasteiger partial charge >= 0.3 is 0 Å². The number of rotatable bonds is 3. The molecule has 2 heterocycles. The van der Waals surface area contributed by atoms with Crippen LogP contribution in [-0.4, -0.2) is 28.7 Å². The smallest absolute Gasteiger partial charge is 0.264 e. The van der Waals surface area contributed by atoms with Gasteiger partial charge in [-0.2, -0.15) is 0 Å². The number of benzene rings is 1.